The molecule has 1 heterocycles. The Bertz CT molecular complexity index is 844. The summed E-state index contributed by atoms with van der Waals surface area (Å²) in [5.41, 5.74) is 3.09. The second-order valence-corrected chi connectivity index (χ2v) is 5.40. The number of hydrogen-bond donors (Lipinski definition) is 2. The van der Waals surface area contributed by atoms with Gasteiger partial charge in [-0.1, -0.05) is 36.4 Å². The van der Waals surface area contributed by atoms with Gasteiger partial charge >= 0.3 is 0 Å². The zero-order chi connectivity index (χ0) is 16.8. The van der Waals surface area contributed by atoms with Crippen LogP contribution >= 0.6 is 24.0 Å². The highest BCUT2D eigenvalue weighted by Gasteiger charge is 2.03. The van der Waals surface area contributed by atoms with E-state index in [1.54, 1.807) is 25.4 Å². The van der Waals surface area contributed by atoms with Crippen molar-refractivity contribution >= 4 is 40.8 Å². The maximum absolute atomic E-state index is 12.9. The van der Waals surface area contributed by atoms with Gasteiger partial charge in [0.2, 0.25) is 0 Å². The third-order valence-corrected chi connectivity index (χ3v) is 3.76. The monoisotopic (exact) mass is 450 g/mol. The van der Waals surface area contributed by atoms with E-state index in [1.807, 2.05) is 24.3 Å². The molecule has 0 aliphatic carbocycles. The number of aromatic nitrogens is 1. The lowest BCUT2D eigenvalue weighted by Gasteiger charge is -2.13. The third-order valence-electron chi connectivity index (χ3n) is 3.76. The molecule has 1 aromatic heterocycles. The van der Waals surface area contributed by atoms with Gasteiger partial charge in [-0.25, -0.2) is 4.39 Å². The molecule has 0 saturated heterocycles. The standard InChI is InChI=1S/C19H19FN4.HI/c1-21-19(23-12-14-7-9-17(20)10-8-14)24-13-16-5-2-4-15-6-3-11-22-18(15)16;/h2-11H,12-13H2,1H3,(H2,21,23,24);1H. The average molecular weight is 450 g/mol. The summed E-state index contributed by atoms with van der Waals surface area (Å²) >= 11 is 0. The highest BCUT2D eigenvalue weighted by Crippen LogP contribution is 2.15. The molecule has 2 N–H and O–H groups in total. The zero-order valence-electron chi connectivity index (χ0n) is 13.9. The van der Waals surface area contributed by atoms with Crippen molar-refractivity contribution in [3.8, 4) is 0 Å². The third kappa shape index (κ3) is 5.12. The smallest absolute Gasteiger partial charge is 0.191 e. The van der Waals surface area contributed by atoms with E-state index in [0.717, 1.165) is 22.0 Å². The molecule has 3 rings (SSSR count). The summed E-state index contributed by atoms with van der Waals surface area (Å²) in [6.07, 6.45) is 1.80. The molecule has 6 heteroatoms. The lowest BCUT2D eigenvalue weighted by molar-refractivity contribution is 0.626. The topological polar surface area (TPSA) is 49.3 Å². The van der Waals surface area contributed by atoms with Gasteiger partial charge < -0.3 is 10.6 Å². The van der Waals surface area contributed by atoms with E-state index >= 15 is 0 Å². The van der Waals surface area contributed by atoms with Crippen molar-refractivity contribution in [3.05, 3.63) is 77.7 Å². The maximum atomic E-state index is 12.9. The number of fused-ring (bicyclic) bond motifs is 1. The Morgan fingerprint density at radius 2 is 1.72 bits per heavy atom. The summed E-state index contributed by atoms with van der Waals surface area (Å²) in [5, 5.41) is 7.62. The Labute approximate surface area is 163 Å². The number of benzene rings is 2. The van der Waals surface area contributed by atoms with Crippen LogP contribution in [-0.2, 0) is 13.1 Å². The Morgan fingerprint density at radius 1 is 1.00 bits per heavy atom. The number of pyridine rings is 1. The predicted molar refractivity (Wildman–Crippen MR) is 111 cm³/mol. The molecule has 0 aliphatic heterocycles. The largest absolute Gasteiger partial charge is 0.352 e. The Morgan fingerprint density at radius 3 is 2.48 bits per heavy atom. The molecule has 0 spiro atoms. The molecule has 0 atom stereocenters. The predicted octanol–water partition coefficient (Wildman–Crippen LogP) is 3.86. The van der Waals surface area contributed by atoms with E-state index in [1.165, 1.54) is 12.1 Å². The quantitative estimate of drug-likeness (QED) is 0.361. The van der Waals surface area contributed by atoms with Crippen LogP contribution in [0, 0.1) is 5.82 Å². The Balaban J connectivity index is 0.00000225. The van der Waals surface area contributed by atoms with E-state index in [-0.39, 0.29) is 29.8 Å². The van der Waals surface area contributed by atoms with E-state index in [4.69, 9.17) is 0 Å². The minimum Gasteiger partial charge on any atom is -0.352 e. The number of nitrogens with one attached hydrogen (secondary N) is 2. The first-order valence-electron chi connectivity index (χ1n) is 7.78. The van der Waals surface area contributed by atoms with Crippen LogP contribution in [0.4, 0.5) is 4.39 Å². The number of halogens is 2. The zero-order valence-corrected chi connectivity index (χ0v) is 16.2. The number of guanidine groups is 1. The molecule has 4 nitrogen and oxygen atoms in total. The van der Waals surface area contributed by atoms with Crippen LogP contribution in [0.5, 0.6) is 0 Å². The van der Waals surface area contributed by atoms with Crippen molar-refractivity contribution in [2.24, 2.45) is 4.99 Å². The second kappa shape index (κ2) is 9.31. The van der Waals surface area contributed by atoms with Crippen LogP contribution in [0.2, 0.25) is 0 Å². The van der Waals surface area contributed by atoms with Crippen molar-refractivity contribution < 1.29 is 4.39 Å². The lowest BCUT2D eigenvalue weighted by Crippen LogP contribution is -2.36. The van der Waals surface area contributed by atoms with Crippen molar-refractivity contribution in [2.45, 2.75) is 13.1 Å². The molecule has 130 valence electrons. The first-order chi connectivity index (χ1) is 11.8. The molecule has 25 heavy (non-hydrogen) atoms. The number of para-hydroxylation sites is 1. The highest BCUT2D eigenvalue weighted by atomic mass is 127. The summed E-state index contributed by atoms with van der Waals surface area (Å²) in [6.45, 7) is 1.20. The van der Waals surface area contributed by atoms with Crippen LogP contribution in [0.1, 0.15) is 11.1 Å². The summed E-state index contributed by atoms with van der Waals surface area (Å²) < 4.78 is 12.9. The number of nitrogens with zero attached hydrogens (tertiary/aromatic N) is 2. The van der Waals surface area contributed by atoms with Gasteiger partial charge in [-0.2, -0.15) is 0 Å². The number of aliphatic imine (C=N–C) groups is 1. The number of hydrogen-bond acceptors (Lipinski definition) is 2. The maximum Gasteiger partial charge on any atom is 0.191 e. The van der Waals surface area contributed by atoms with E-state index in [0.29, 0.717) is 19.0 Å². The van der Waals surface area contributed by atoms with Gasteiger partial charge in [-0.15, -0.1) is 24.0 Å². The molecule has 3 aromatic rings. The second-order valence-electron chi connectivity index (χ2n) is 5.40. The first kappa shape index (κ1) is 19.1. The summed E-state index contributed by atoms with van der Waals surface area (Å²) in [7, 11) is 1.72. The van der Waals surface area contributed by atoms with Gasteiger partial charge in [0.1, 0.15) is 5.82 Å². The average Bonchev–Trinajstić information content (AvgIpc) is 2.63. The fraction of sp³-hybridized carbons (Fsp3) is 0.158. The van der Waals surface area contributed by atoms with Crippen LogP contribution < -0.4 is 10.6 Å². The lowest BCUT2D eigenvalue weighted by atomic mass is 10.1. The van der Waals surface area contributed by atoms with Crippen molar-refractivity contribution in [3.63, 3.8) is 0 Å². The minimum atomic E-state index is -0.232. The summed E-state index contributed by atoms with van der Waals surface area (Å²) in [6, 6.07) is 16.5. The van der Waals surface area contributed by atoms with Crippen LogP contribution in [0.15, 0.2) is 65.8 Å². The van der Waals surface area contributed by atoms with E-state index < -0.39 is 0 Å². The summed E-state index contributed by atoms with van der Waals surface area (Å²) in [5.74, 6) is 0.456. The highest BCUT2D eigenvalue weighted by molar-refractivity contribution is 14.0. The van der Waals surface area contributed by atoms with Gasteiger partial charge in [0.25, 0.3) is 0 Å². The Kier molecular flexibility index (Phi) is 7.12. The Hall–Kier alpha value is -2.22. The SMILES string of the molecule is CN=C(NCc1ccc(F)cc1)NCc1cccc2cccnc12.I. The van der Waals surface area contributed by atoms with Gasteiger partial charge in [0.05, 0.1) is 5.52 Å². The van der Waals surface area contributed by atoms with Crippen LogP contribution in [-0.4, -0.2) is 18.0 Å². The van der Waals surface area contributed by atoms with Gasteiger partial charge in [0.15, 0.2) is 5.96 Å². The van der Waals surface area contributed by atoms with Gasteiger partial charge in [-0.3, -0.25) is 9.98 Å². The van der Waals surface area contributed by atoms with Crippen LogP contribution in [0.3, 0.4) is 0 Å². The molecule has 0 fully saturated rings. The fourth-order valence-electron chi connectivity index (χ4n) is 2.50. The molecule has 0 bridgehead atoms. The molecule has 2 aromatic carbocycles. The normalized spacial score (nSPS) is 11.0. The first-order valence-corrected chi connectivity index (χ1v) is 7.78. The van der Waals surface area contributed by atoms with E-state index in [9.17, 15) is 4.39 Å². The van der Waals surface area contributed by atoms with Gasteiger partial charge in [-0.05, 0) is 29.3 Å². The van der Waals surface area contributed by atoms with Crippen molar-refractivity contribution in [1.29, 1.82) is 0 Å². The summed E-state index contributed by atoms with van der Waals surface area (Å²) in [4.78, 5) is 8.67. The van der Waals surface area contributed by atoms with Crippen LogP contribution in [0.25, 0.3) is 10.9 Å². The molecular formula is C19H20FIN4. The van der Waals surface area contributed by atoms with Crippen molar-refractivity contribution in [2.75, 3.05) is 7.05 Å². The number of rotatable bonds is 4. The fourth-order valence-corrected chi connectivity index (χ4v) is 2.50. The molecule has 0 radical (unpaired) electrons. The van der Waals surface area contributed by atoms with E-state index in [2.05, 4.69) is 26.7 Å². The molecule has 0 amide bonds. The minimum absolute atomic E-state index is 0. The molecule has 0 unspecified atom stereocenters. The molecule has 0 aliphatic rings. The van der Waals surface area contributed by atoms with Crippen molar-refractivity contribution in [1.82, 2.24) is 15.6 Å². The molecule has 0 saturated carbocycles. The molecular weight excluding hydrogens is 430 g/mol. The van der Waals surface area contributed by atoms with Gasteiger partial charge in [0, 0.05) is 31.7 Å².